The van der Waals surface area contributed by atoms with E-state index in [2.05, 4.69) is 165 Å². The van der Waals surface area contributed by atoms with Crippen LogP contribution in [0.15, 0.2) is 194 Å². The highest BCUT2D eigenvalue weighted by molar-refractivity contribution is 5.97. The topological polar surface area (TPSA) is 27.7 Å². The van der Waals surface area contributed by atoms with Gasteiger partial charge in [0.2, 0.25) is 0 Å². The molecule has 3 nitrogen and oxygen atoms in total. The molecule has 0 aromatic heterocycles. The van der Waals surface area contributed by atoms with Crippen LogP contribution in [0.3, 0.4) is 0 Å². The standard InChI is InChI=1S/C55H47O3/c1-2-41-25-32-50(33-26-41)58-53-24-13-12-23-52(53)55-51(44-27-34-47(35-28-44)56-40-39-43-17-8-4-9-18-43)38-31-45(20-14-19-42-15-6-3-7-16-42)54(55)46-29-36-49(37-30-46)57-48-21-10-5-11-22-48/h3-13,15-18,21-30,32-38H,2,14,19-20,39-40H2,1H3. The van der Waals surface area contributed by atoms with E-state index in [-0.39, 0.29) is 0 Å². The van der Waals surface area contributed by atoms with E-state index in [1.165, 1.54) is 16.7 Å². The minimum Gasteiger partial charge on any atom is -0.493 e. The second-order valence-electron chi connectivity index (χ2n) is 14.4. The lowest BCUT2D eigenvalue weighted by Crippen LogP contribution is -2.01. The fourth-order valence-corrected chi connectivity index (χ4v) is 7.39. The Labute approximate surface area is 343 Å². The van der Waals surface area contributed by atoms with Crippen molar-refractivity contribution in [3.63, 3.8) is 0 Å². The lowest BCUT2D eigenvalue weighted by atomic mass is 9.83. The van der Waals surface area contributed by atoms with Gasteiger partial charge in [-0.1, -0.05) is 140 Å². The molecule has 0 fully saturated rings. The van der Waals surface area contributed by atoms with Crippen LogP contribution >= 0.6 is 0 Å². The molecule has 0 saturated carbocycles. The van der Waals surface area contributed by atoms with Crippen LogP contribution in [0, 0.1) is 6.07 Å². The highest BCUT2D eigenvalue weighted by Gasteiger charge is 2.22. The Morgan fingerprint density at radius 3 is 1.66 bits per heavy atom. The molecular formula is C55H47O3. The van der Waals surface area contributed by atoms with E-state index in [0.717, 1.165) is 99.8 Å². The maximum Gasteiger partial charge on any atom is 0.135 e. The van der Waals surface area contributed by atoms with Crippen LogP contribution in [0.5, 0.6) is 28.7 Å². The average Bonchev–Trinajstić information content (AvgIpc) is 3.28. The molecule has 0 bridgehead atoms. The lowest BCUT2D eigenvalue weighted by molar-refractivity contribution is 0.322. The third kappa shape index (κ3) is 9.57. The van der Waals surface area contributed by atoms with Crippen molar-refractivity contribution in [2.75, 3.05) is 6.61 Å². The van der Waals surface area contributed by atoms with Gasteiger partial charge < -0.3 is 14.2 Å². The Bertz CT molecular complexity index is 2490. The summed E-state index contributed by atoms with van der Waals surface area (Å²) in [6, 6.07) is 70.8. The molecule has 285 valence electrons. The van der Waals surface area contributed by atoms with E-state index in [1.807, 2.05) is 42.5 Å². The molecule has 0 heterocycles. The minimum absolute atomic E-state index is 0.609. The molecule has 0 unspecified atom stereocenters. The van der Waals surface area contributed by atoms with Crippen molar-refractivity contribution in [2.45, 2.75) is 39.0 Å². The van der Waals surface area contributed by atoms with Crippen LogP contribution in [0.2, 0.25) is 0 Å². The van der Waals surface area contributed by atoms with Crippen LogP contribution in [-0.4, -0.2) is 6.61 Å². The Morgan fingerprint density at radius 2 is 0.966 bits per heavy atom. The zero-order valence-corrected chi connectivity index (χ0v) is 32.9. The van der Waals surface area contributed by atoms with Gasteiger partial charge in [0.05, 0.1) is 6.61 Å². The highest BCUT2D eigenvalue weighted by Crippen LogP contribution is 2.47. The van der Waals surface area contributed by atoms with E-state index < -0.39 is 0 Å². The van der Waals surface area contributed by atoms with Gasteiger partial charge in [0.25, 0.3) is 0 Å². The largest absolute Gasteiger partial charge is 0.493 e. The second-order valence-corrected chi connectivity index (χ2v) is 14.4. The summed E-state index contributed by atoms with van der Waals surface area (Å²) in [5.74, 6) is 4.03. The van der Waals surface area contributed by atoms with E-state index in [1.54, 1.807) is 0 Å². The fraction of sp³-hybridized carbons (Fsp3) is 0.127. The van der Waals surface area contributed by atoms with Crippen molar-refractivity contribution in [2.24, 2.45) is 0 Å². The molecule has 8 aromatic carbocycles. The van der Waals surface area contributed by atoms with Crippen molar-refractivity contribution < 1.29 is 14.2 Å². The molecule has 3 heteroatoms. The number of para-hydroxylation sites is 2. The molecule has 0 N–H and O–H groups in total. The van der Waals surface area contributed by atoms with Crippen molar-refractivity contribution >= 4 is 0 Å². The first kappa shape index (κ1) is 38.1. The Balaban J connectivity index is 1.22. The summed E-state index contributed by atoms with van der Waals surface area (Å²) in [6.45, 7) is 2.78. The number of hydrogen-bond donors (Lipinski definition) is 0. The molecule has 8 rings (SSSR count). The van der Waals surface area contributed by atoms with Gasteiger partial charge in [-0.05, 0) is 137 Å². The summed E-state index contributed by atoms with van der Waals surface area (Å²) >= 11 is 0. The second kappa shape index (κ2) is 18.9. The van der Waals surface area contributed by atoms with E-state index in [9.17, 15) is 0 Å². The Hall–Kier alpha value is -6.84. The molecular weight excluding hydrogens is 709 g/mol. The third-order valence-corrected chi connectivity index (χ3v) is 10.5. The molecule has 0 aliphatic heterocycles. The van der Waals surface area contributed by atoms with Crippen LogP contribution in [0.4, 0.5) is 0 Å². The minimum atomic E-state index is 0.609. The number of rotatable bonds is 16. The normalized spacial score (nSPS) is 10.9. The van der Waals surface area contributed by atoms with E-state index >= 15 is 0 Å². The first-order valence-corrected chi connectivity index (χ1v) is 20.3. The summed E-state index contributed by atoms with van der Waals surface area (Å²) in [6.07, 6.45) is 4.65. The van der Waals surface area contributed by atoms with Crippen molar-refractivity contribution in [1.82, 2.24) is 0 Å². The number of hydrogen-bond acceptors (Lipinski definition) is 3. The lowest BCUT2D eigenvalue weighted by Gasteiger charge is -2.22. The predicted molar refractivity (Wildman–Crippen MR) is 238 cm³/mol. The highest BCUT2D eigenvalue weighted by atomic mass is 16.5. The van der Waals surface area contributed by atoms with Gasteiger partial charge in [0.15, 0.2) is 0 Å². The molecule has 0 saturated heterocycles. The van der Waals surface area contributed by atoms with Crippen molar-refractivity contribution in [1.29, 1.82) is 0 Å². The first-order valence-electron chi connectivity index (χ1n) is 20.3. The summed E-state index contributed by atoms with van der Waals surface area (Å²) in [7, 11) is 0. The quantitative estimate of drug-likeness (QED) is 0.0983. The van der Waals surface area contributed by atoms with Gasteiger partial charge >= 0.3 is 0 Å². The van der Waals surface area contributed by atoms with Crippen LogP contribution in [0.25, 0.3) is 33.4 Å². The summed E-state index contributed by atoms with van der Waals surface area (Å²) in [5.41, 5.74) is 11.5. The number of ether oxygens (including phenoxy) is 3. The van der Waals surface area contributed by atoms with Gasteiger partial charge in [0, 0.05) is 17.5 Å². The van der Waals surface area contributed by atoms with Gasteiger partial charge in [-0.25, -0.2) is 0 Å². The molecule has 1 radical (unpaired) electrons. The van der Waals surface area contributed by atoms with Crippen molar-refractivity contribution in [3.05, 3.63) is 222 Å². The molecule has 0 atom stereocenters. The van der Waals surface area contributed by atoms with Crippen LogP contribution in [-0.2, 0) is 25.7 Å². The zero-order valence-electron chi connectivity index (χ0n) is 32.9. The van der Waals surface area contributed by atoms with Crippen LogP contribution < -0.4 is 14.2 Å². The molecule has 0 spiro atoms. The zero-order chi connectivity index (χ0) is 39.4. The number of benzene rings is 8. The molecule has 0 amide bonds. The Kier molecular flexibility index (Phi) is 12.4. The fourth-order valence-electron chi connectivity index (χ4n) is 7.39. The van der Waals surface area contributed by atoms with Crippen molar-refractivity contribution in [3.8, 4) is 62.1 Å². The summed E-state index contributed by atoms with van der Waals surface area (Å²) < 4.78 is 19.2. The maximum absolute atomic E-state index is 6.76. The average molecular weight is 756 g/mol. The van der Waals surface area contributed by atoms with Gasteiger partial charge in [0.1, 0.15) is 28.7 Å². The monoisotopic (exact) mass is 755 g/mol. The van der Waals surface area contributed by atoms with E-state index in [4.69, 9.17) is 14.2 Å². The maximum atomic E-state index is 6.76. The van der Waals surface area contributed by atoms with Gasteiger partial charge in [-0.3, -0.25) is 0 Å². The third-order valence-electron chi connectivity index (χ3n) is 10.5. The molecule has 0 aliphatic rings. The van der Waals surface area contributed by atoms with Gasteiger partial charge in [-0.2, -0.15) is 0 Å². The SMILES string of the molecule is CCc1ccc(Oc2ccccc2-c2c(-c3ccc(OCCc4ccccc4)cc3)c[c]c(CCCc3ccccc3)c2-c2ccc(Oc3ccccc3)cc2)cc1. The molecule has 58 heavy (non-hydrogen) atoms. The number of aryl methyl sites for hydroxylation is 3. The van der Waals surface area contributed by atoms with Crippen LogP contribution in [0.1, 0.15) is 35.6 Å². The molecule has 0 aliphatic carbocycles. The van der Waals surface area contributed by atoms with Gasteiger partial charge in [-0.15, -0.1) is 0 Å². The van der Waals surface area contributed by atoms with E-state index in [0.29, 0.717) is 6.61 Å². The molecule has 8 aromatic rings. The smallest absolute Gasteiger partial charge is 0.135 e. The summed E-state index contributed by atoms with van der Waals surface area (Å²) in [4.78, 5) is 0. The first-order chi connectivity index (χ1) is 28.7. The predicted octanol–water partition coefficient (Wildman–Crippen LogP) is 14.4. The summed E-state index contributed by atoms with van der Waals surface area (Å²) in [5, 5.41) is 0. The Morgan fingerprint density at radius 1 is 0.414 bits per heavy atom.